The molecule has 0 radical (unpaired) electrons. The molecule has 1 aromatic rings. The molecule has 110 valence electrons. The number of nitrogens with two attached hydrogens (primary N) is 1. The van der Waals surface area contributed by atoms with Crippen molar-refractivity contribution < 1.29 is 14.6 Å². The van der Waals surface area contributed by atoms with Gasteiger partial charge in [-0.1, -0.05) is 18.2 Å². The smallest absolute Gasteiger partial charge is 0.260 e. The Morgan fingerprint density at radius 3 is 3.00 bits per heavy atom. The summed E-state index contributed by atoms with van der Waals surface area (Å²) < 4.78 is 5.58. The van der Waals surface area contributed by atoms with Crippen molar-refractivity contribution in [2.75, 3.05) is 26.3 Å². The van der Waals surface area contributed by atoms with Crippen LogP contribution in [-0.4, -0.2) is 42.2 Å². The maximum absolute atomic E-state index is 12.1. The molecule has 1 aromatic carbocycles. The number of carbonyl (C=O) groups excluding carboxylic acids is 1. The van der Waals surface area contributed by atoms with Crippen molar-refractivity contribution in [3.05, 3.63) is 29.8 Å². The van der Waals surface area contributed by atoms with Gasteiger partial charge in [-0.3, -0.25) is 4.79 Å². The van der Waals surface area contributed by atoms with E-state index in [4.69, 9.17) is 10.5 Å². The largest absolute Gasteiger partial charge is 0.483 e. The lowest BCUT2D eigenvalue weighted by atomic mass is 9.99. The van der Waals surface area contributed by atoms with Crippen LogP contribution in [0.2, 0.25) is 0 Å². The maximum atomic E-state index is 12.1. The van der Waals surface area contributed by atoms with Crippen molar-refractivity contribution in [1.29, 1.82) is 0 Å². The number of ether oxygens (including phenoxy) is 1. The average molecular weight is 278 g/mol. The number of benzene rings is 1. The van der Waals surface area contributed by atoms with Crippen molar-refractivity contribution in [1.82, 2.24) is 4.90 Å². The normalized spacial score (nSPS) is 18.9. The monoisotopic (exact) mass is 278 g/mol. The number of hydrogen-bond donors (Lipinski definition) is 2. The molecule has 5 nitrogen and oxygen atoms in total. The SMILES string of the molecule is NCc1ccccc1OCC(=O)N1CCCC(CO)C1. The fourth-order valence-electron chi connectivity index (χ4n) is 2.48. The van der Waals surface area contributed by atoms with E-state index in [1.54, 1.807) is 4.90 Å². The number of aliphatic hydroxyl groups is 1. The van der Waals surface area contributed by atoms with Crippen LogP contribution in [0.5, 0.6) is 5.75 Å². The highest BCUT2D eigenvalue weighted by Gasteiger charge is 2.23. The number of rotatable bonds is 5. The predicted octanol–water partition coefficient (Wildman–Crippen LogP) is 0.755. The van der Waals surface area contributed by atoms with E-state index in [2.05, 4.69) is 0 Å². The number of nitrogens with zero attached hydrogens (tertiary/aromatic N) is 1. The molecule has 0 aromatic heterocycles. The summed E-state index contributed by atoms with van der Waals surface area (Å²) in [5.74, 6) is 0.832. The van der Waals surface area contributed by atoms with Crippen LogP contribution in [0.4, 0.5) is 0 Å². The third kappa shape index (κ3) is 3.71. The quantitative estimate of drug-likeness (QED) is 0.833. The van der Waals surface area contributed by atoms with E-state index in [-0.39, 0.29) is 25.0 Å². The van der Waals surface area contributed by atoms with Crippen molar-refractivity contribution in [3.63, 3.8) is 0 Å². The first-order valence-corrected chi connectivity index (χ1v) is 7.04. The molecule has 0 saturated carbocycles. The zero-order valence-electron chi connectivity index (χ0n) is 11.6. The minimum Gasteiger partial charge on any atom is -0.483 e. The van der Waals surface area contributed by atoms with E-state index in [1.807, 2.05) is 24.3 Å². The van der Waals surface area contributed by atoms with Gasteiger partial charge in [0, 0.05) is 31.8 Å². The van der Waals surface area contributed by atoms with Gasteiger partial charge in [0.25, 0.3) is 5.91 Å². The molecule has 20 heavy (non-hydrogen) atoms. The van der Waals surface area contributed by atoms with Gasteiger partial charge in [0.05, 0.1) is 0 Å². The van der Waals surface area contributed by atoms with Gasteiger partial charge < -0.3 is 20.5 Å². The molecule has 0 aliphatic carbocycles. The molecule has 1 heterocycles. The molecule has 0 bridgehead atoms. The first-order chi connectivity index (χ1) is 9.74. The molecular formula is C15H22N2O3. The molecule has 5 heteroatoms. The van der Waals surface area contributed by atoms with Crippen LogP contribution in [0.1, 0.15) is 18.4 Å². The van der Waals surface area contributed by atoms with Crippen LogP contribution in [0, 0.1) is 5.92 Å². The van der Waals surface area contributed by atoms with Crippen LogP contribution in [0.3, 0.4) is 0 Å². The second kappa shape index (κ2) is 7.26. The minimum absolute atomic E-state index is 0.0230. The Kier molecular flexibility index (Phi) is 5.38. The summed E-state index contributed by atoms with van der Waals surface area (Å²) in [6, 6.07) is 7.47. The molecule has 2 rings (SSSR count). The summed E-state index contributed by atoms with van der Waals surface area (Å²) in [6.07, 6.45) is 1.92. The van der Waals surface area contributed by atoms with E-state index in [9.17, 15) is 9.90 Å². The van der Waals surface area contributed by atoms with Gasteiger partial charge in [-0.15, -0.1) is 0 Å². The molecule has 1 atom stereocenters. The van der Waals surface area contributed by atoms with Crippen LogP contribution < -0.4 is 10.5 Å². The molecule has 1 aliphatic rings. The molecule has 1 saturated heterocycles. The number of aliphatic hydroxyl groups excluding tert-OH is 1. The Labute approximate surface area is 119 Å². The zero-order chi connectivity index (χ0) is 14.4. The molecule has 1 amide bonds. The Hall–Kier alpha value is -1.59. The maximum Gasteiger partial charge on any atom is 0.260 e. The number of para-hydroxylation sites is 1. The number of piperidine rings is 1. The summed E-state index contributed by atoms with van der Waals surface area (Å²) in [5.41, 5.74) is 6.53. The average Bonchev–Trinajstić information content (AvgIpc) is 2.52. The van der Waals surface area contributed by atoms with E-state index >= 15 is 0 Å². The van der Waals surface area contributed by atoms with E-state index in [1.165, 1.54) is 0 Å². The van der Waals surface area contributed by atoms with E-state index in [0.717, 1.165) is 24.9 Å². The first kappa shape index (κ1) is 14.8. The third-order valence-corrected chi connectivity index (χ3v) is 3.67. The molecule has 1 aliphatic heterocycles. The van der Waals surface area contributed by atoms with Crippen LogP contribution in [-0.2, 0) is 11.3 Å². The van der Waals surface area contributed by atoms with Gasteiger partial charge in [-0.05, 0) is 24.8 Å². The van der Waals surface area contributed by atoms with Gasteiger partial charge in [-0.2, -0.15) is 0 Å². The first-order valence-electron chi connectivity index (χ1n) is 7.04. The van der Waals surface area contributed by atoms with Crippen LogP contribution in [0.25, 0.3) is 0 Å². The number of hydrogen-bond acceptors (Lipinski definition) is 4. The van der Waals surface area contributed by atoms with Crippen molar-refractivity contribution in [2.24, 2.45) is 11.7 Å². The highest BCUT2D eigenvalue weighted by atomic mass is 16.5. The molecular weight excluding hydrogens is 256 g/mol. The van der Waals surface area contributed by atoms with Crippen molar-refractivity contribution in [3.8, 4) is 5.75 Å². The van der Waals surface area contributed by atoms with Crippen LogP contribution >= 0.6 is 0 Å². The summed E-state index contributed by atoms with van der Waals surface area (Å²) in [4.78, 5) is 13.9. The van der Waals surface area contributed by atoms with Gasteiger partial charge >= 0.3 is 0 Å². The lowest BCUT2D eigenvalue weighted by Gasteiger charge is -2.31. The Morgan fingerprint density at radius 2 is 2.25 bits per heavy atom. The van der Waals surface area contributed by atoms with E-state index < -0.39 is 0 Å². The summed E-state index contributed by atoms with van der Waals surface area (Å²) in [5, 5.41) is 9.18. The number of likely N-dealkylation sites (tertiary alicyclic amines) is 1. The lowest BCUT2D eigenvalue weighted by Crippen LogP contribution is -2.43. The topological polar surface area (TPSA) is 75.8 Å². The highest BCUT2D eigenvalue weighted by Crippen LogP contribution is 2.19. The number of amides is 1. The highest BCUT2D eigenvalue weighted by molar-refractivity contribution is 5.77. The fourth-order valence-corrected chi connectivity index (χ4v) is 2.48. The van der Waals surface area contributed by atoms with Crippen LogP contribution in [0.15, 0.2) is 24.3 Å². The summed E-state index contributed by atoms with van der Waals surface area (Å²) in [7, 11) is 0. The molecule has 0 spiro atoms. The van der Waals surface area contributed by atoms with Crippen molar-refractivity contribution in [2.45, 2.75) is 19.4 Å². The Morgan fingerprint density at radius 1 is 1.45 bits per heavy atom. The van der Waals surface area contributed by atoms with E-state index in [0.29, 0.717) is 18.8 Å². The second-order valence-electron chi connectivity index (χ2n) is 5.13. The summed E-state index contributed by atoms with van der Waals surface area (Å²) in [6.45, 7) is 1.92. The third-order valence-electron chi connectivity index (χ3n) is 3.67. The zero-order valence-corrected chi connectivity index (χ0v) is 11.6. The van der Waals surface area contributed by atoms with Gasteiger partial charge in [0.2, 0.25) is 0 Å². The predicted molar refractivity (Wildman–Crippen MR) is 76.2 cm³/mol. The second-order valence-corrected chi connectivity index (χ2v) is 5.13. The number of carbonyl (C=O) groups is 1. The minimum atomic E-state index is -0.0324. The summed E-state index contributed by atoms with van der Waals surface area (Å²) >= 11 is 0. The van der Waals surface area contributed by atoms with Gasteiger partial charge in [0.15, 0.2) is 6.61 Å². The standard InChI is InChI=1S/C15H22N2O3/c16-8-13-5-1-2-6-14(13)20-11-15(19)17-7-3-4-12(9-17)10-18/h1-2,5-6,12,18H,3-4,7-11,16H2. The van der Waals surface area contributed by atoms with Crippen molar-refractivity contribution >= 4 is 5.91 Å². The lowest BCUT2D eigenvalue weighted by molar-refractivity contribution is -0.135. The molecule has 1 unspecified atom stereocenters. The van der Waals surface area contributed by atoms with Gasteiger partial charge in [-0.25, -0.2) is 0 Å². The molecule has 3 N–H and O–H groups in total. The fraction of sp³-hybridized carbons (Fsp3) is 0.533. The Bertz CT molecular complexity index is 450. The molecule has 1 fully saturated rings. The van der Waals surface area contributed by atoms with Gasteiger partial charge in [0.1, 0.15) is 5.75 Å². The Balaban J connectivity index is 1.88.